The lowest BCUT2D eigenvalue weighted by molar-refractivity contribution is 0.172. The number of urea groups is 1. The normalized spacial score (nSPS) is 25.1. The quantitative estimate of drug-likeness (QED) is 0.682. The number of carbonyl (C=O) groups is 1. The fourth-order valence-electron chi connectivity index (χ4n) is 4.52. The molecule has 0 radical (unpaired) electrons. The zero-order valence-electron chi connectivity index (χ0n) is 15.8. The van der Waals surface area contributed by atoms with Crippen LogP contribution in [0, 0.1) is 10.8 Å². The lowest BCUT2D eigenvalue weighted by atomic mass is 9.93. The summed E-state index contributed by atoms with van der Waals surface area (Å²) in [5.41, 5.74) is 6.49. The number of rotatable bonds is 7. The van der Waals surface area contributed by atoms with Crippen molar-refractivity contribution < 1.29 is 4.79 Å². The average Bonchev–Trinajstić information content (AvgIpc) is 3.53. The van der Waals surface area contributed by atoms with E-state index in [9.17, 15) is 4.79 Å². The zero-order chi connectivity index (χ0) is 18.2. The summed E-state index contributed by atoms with van der Waals surface area (Å²) in [6, 6.07) is 0.395. The Labute approximate surface area is 155 Å². The number of piperidine rings is 1. The van der Waals surface area contributed by atoms with Gasteiger partial charge in [-0.25, -0.2) is 9.78 Å². The van der Waals surface area contributed by atoms with E-state index in [2.05, 4.69) is 15.6 Å². The molecule has 26 heavy (non-hydrogen) atoms. The second-order valence-electron chi connectivity index (χ2n) is 8.60. The predicted molar refractivity (Wildman–Crippen MR) is 100 cm³/mol. The van der Waals surface area contributed by atoms with Crippen molar-refractivity contribution in [1.82, 2.24) is 25.1 Å². The first-order valence-corrected chi connectivity index (χ1v) is 9.99. The molecule has 0 aromatic carbocycles. The number of aromatic nitrogens is 2. The minimum Gasteiger partial charge on any atom is -0.338 e. The van der Waals surface area contributed by atoms with Crippen molar-refractivity contribution in [2.75, 3.05) is 26.2 Å². The van der Waals surface area contributed by atoms with Crippen LogP contribution in [-0.2, 0) is 13.6 Å². The van der Waals surface area contributed by atoms with Crippen molar-refractivity contribution >= 4 is 6.03 Å². The Morgan fingerprint density at radius 3 is 2.81 bits per heavy atom. The molecule has 1 saturated heterocycles. The van der Waals surface area contributed by atoms with E-state index in [1.807, 2.05) is 22.7 Å². The van der Waals surface area contributed by atoms with Crippen LogP contribution < -0.4 is 16.4 Å². The molecule has 1 aromatic heterocycles. The minimum absolute atomic E-state index is 0.0567. The molecule has 1 unspecified atom stereocenters. The predicted octanol–water partition coefficient (Wildman–Crippen LogP) is 1.20. The largest absolute Gasteiger partial charge is 0.338 e. The van der Waals surface area contributed by atoms with E-state index >= 15 is 0 Å². The molecule has 1 spiro atoms. The van der Waals surface area contributed by atoms with Gasteiger partial charge in [-0.2, -0.15) is 0 Å². The number of aryl methyl sites for hydroxylation is 1. The summed E-state index contributed by atoms with van der Waals surface area (Å²) in [5, 5.41) is 6.61. The molecule has 2 amide bonds. The highest BCUT2D eigenvalue weighted by atomic mass is 16.2. The number of carbonyl (C=O) groups excluding carboxylic acids is 1. The van der Waals surface area contributed by atoms with Crippen LogP contribution in [0.25, 0.3) is 0 Å². The third-order valence-electron chi connectivity index (χ3n) is 6.94. The maximum Gasteiger partial charge on any atom is 0.318 e. The summed E-state index contributed by atoms with van der Waals surface area (Å²) in [6.45, 7) is 4.16. The smallest absolute Gasteiger partial charge is 0.318 e. The number of imidazole rings is 1. The van der Waals surface area contributed by atoms with E-state index in [0.29, 0.717) is 30.0 Å². The molecular formula is C19H32N6O. The van der Waals surface area contributed by atoms with Crippen LogP contribution in [0.5, 0.6) is 0 Å². The van der Waals surface area contributed by atoms with Gasteiger partial charge in [-0.1, -0.05) is 0 Å². The van der Waals surface area contributed by atoms with Crippen LogP contribution in [0.15, 0.2) is 12.4 Å². The first kappa shape index (κ1) is 17.8. The zero-order valence-corrected chi connectivity index (χ0v) is 15.8. The SMILES string of the molecule is Cn1ccnc1CN(C(=O)NCCC1(CN)CC1)C1CC12CCNCC2. The van der Waals surface area contributed by atoms with E-state index < -0.39 is 0 Å². The van der Waals surface area contributed by atoms with Crippen molar-refractivity contribution in [3.05, 3.63) is 18.2 Å². The minimum atomic E-state index is 0.0567. The van der Waals surface area contributed by atoms with Crippen molar-refractivity contribution in [3.63, 3.8) is 0 Å². The summed E-state index contributed by atoms with van der Waals surface area (Å²) in [7, 11) is 1.99. The maximum absolute atomic E-state index is 13.0. The number of hydrogen-bond donors (Lipinski definition) is 3. The van der Waals surface area contributed by atoms with Crippen molar-refractivity contribution in [2.24, 2.45) is 23.6 Å². The first-order valence-electron chi connectivity index (χ1n) is 9.99. The Hall–Kier alpha value is -1.60. The Morgan fingerprint density at radius 2 is 2.19 bits per heavy atom. The number of hydrogen-bond acceptors (Lipinski definition) is 4. The second kappa shape index (κ2) is 6.85. The van der Waals surface area contributed by atoms with Gasteiger partial charge >= 0.3 is 6.03 Å². The van der Waals surface area contributed by atoms with E-state index in [1.54, 1.807) is 6.20 Å². The fraction of sp³-hybridized carbons (Fsp3) is 0.789. The molecule has 2 saturated carbocycles. The number of nitrogens with one attached hydrogen (secondary N) is 2. The molecule has 0 bridgehead atoms. The van der Waals surface area contributed by atoms with Crippen LogP contribution in [0.4, 0.5) is 4.79 Å². The van der Waals surface area contributed by atoms with E-state index in [1.165, 1.54) is 12.8 Å². The van der Waals surface area contributed by atoms with Crippen molar-refractivity contribution in [3.8, 4) is 0 Å². The molecule has 1 aromatic rings. The molecule has 7 nitrogen and oxygen atoms in total. The summed E-state index contributed by atoms with van der Waals surface area (Å²) < 4.78 is 2.01. The first-order chi connectivity index (χ1) is 12.6. The Morgan fingerprint density at radius 1 is 1.42 bits per heavy atom. The molecule has 3 aliphatic rings. The summed E-state index contributed by atoms with van der Waals surface area (Å²) in [6.07, 6.45) is 10.6. The standard InChI is InChI=1S/C19H32N6O/c1-24-11-10-22-16(24)13-25(15-12-19(15)5-7-21-8-6-19)17(26)23-9-4-18(14-20)2-3-18/h10-11,15,21H,2-9,12-14,20H2,1H3,(H,23,26). The lowest BCUT2D eigenvalue weighted by Crippen LogP contribution is -2.45. The van der Waals surface area contributed by atoms with Gasteiger partial charge in [-0.05, 0) is 69.0 Å². The van der Waals surface area contributed by atoms with Gasteiger partial charge in [0.05, 0.1) is 6.54 Å². The van der Waals surface area contributed by atoms with Gasteiger partial charge in [0.25, 0.3) is 0 Å². The van der Waals surface area contributed by atoms with E-state index in [-0.39, 0.29) is 6.03 Å². The second-order valence-corrected chi connectivity index (χ2v) is 8.60. The molecule has 2 heterocycles. The van der Waals surface area contributed by atoms with Crippen LogP contribution >= 0.6 is 0 Å². The van der Waals surface area contributed by atoms with Gasteiger partial charge < -0.3 is 25.8 Å². The molecule has 4 N–H and O–H groups in total. The molecule has 1 aliphatic heterocycles. The molecule has 4 rings (SSSR count). The van der Waals surface area contributed by atoms with Gasteiger partial charge in [-0.15, -0.1) is 0 Å². The Bertz CT molecular complexity index is 646. The summed E-state index contributed by atoms with van der Waals surface area (Å²) >= 11 is 0. The molecule has 3 fully saturated rings. The molecule has 144 valence electrons. The van der Waals surface area contributed by atoms with Crippen LogP contribution in [-0.4, -0.2) is 52.7 Å². The van der Waals surface area contributed by atoms with Crippen LogP contribution in [0.1, 0.15) is 44.3 Å². The highest BCUT2D eigenvalue weighted by Crippen LogP contribution is 2.56. The van der Waals surface area contributed by atoms with E-state index in [0.717, 1.165) is 51.1 Å². The van der Waals surface area contributed by atoms with Crippen molar-refractivity contribution in [1.29, 1.82) is 0 Å². The molecule has 1 atom stereocenters. The third-order valence-corrected chi connectivity index (χ3v) is 6.94. The lowest BCUT2D eigenvalue weighted by Gasteiger charge is -2.29. The fourth-order valence-corrected chi connectivity index (χ4v) is 4.52. The van der Waals surface area contributed by atoms with Gasteiger partial charge in [0.2, 0.25) is 0 Å². The summed E-state index contributed by atoms with van der Waals surface area (Å²) in [5.74, 6) is 0.941. The maximum atomic E-state index is 13.0. The van der Waals surface area contributed by atoms with Gasteiger partial charge in [0.1, 0.15) is 5.82 Å². The molecule has 2 aliphatic carbocycles. The summed E-state index contributed by atoms with van der Waals surface area (Å²) in [4.78, 5) is 19.5. The highest BCUT2D eigenvalue weighted by Gasteiger charge is 2.58. The van der Waals surface area contributed by atoms with Crippen LogP contribution in [0.3, 0.4) is 0 Å². The van der Waals surface area contributed by atoms with Gasteiger partial charge in [0, 0.05) is 32.0 Å². The molecular weight excluding hydrogens is 328 g/mol. The van der Waals surface area contributed by atoms with Crippen molar-refractivity contribution in [2.45, 2.75) is 51.1 Å². The van der Waals surface area contributed by atoms with E-state index in [4.69, 9.17) is 5.73 Å². The topological polar surface area (TPSA) is 88.2 Å². The third kappa shape index (κ3) is 3.47. The van der Waals surface area contributed by atoms with Crippen LogP contribution in [0.2, 0.25) is 0 Å². The average molecular weight is 361 g/mol. The number of nitrogens with zero attached hydrogens (tertiary/aromatic N) is 3. The Balaban J connectivity index is 1.40. The number of nitrogens with two attached hydrogens (primary N) is 1. The monoisotopic (exact) mass is 360 g/mol. The van der Waals surface area contributed by atoms with Gasteiger partial charge in [-0.3, -0.25) is 0 Å². The Kier molecular flexibility index (Phi) is 4.69. The number of amides is 2. The van der Waals surface area contributed by atoms with Gasteiger partial charge in [0.15, 0.2) is 0 Å². The molecule has 7 heteroatoms. The highest BCUT2D eigenvalue weighted by molar-refractivity contribution is 5.75.